The summed E-state index contributed by atoms with van der Waals surface area (Å²) >= 11 is 0. The number of nitrogens with two attached hydrogens (primary N) is 1. The smallest absolute Gasteiger partial charge is 0.123 e. The van der Waals surface area contributed by atoms with E-state index in [0.717, 1.165) is 57.1 Å². The number of rotatable bonds is 4. The van der Waals surface area contributed by atoms with E-state index in [1.807, 2.05) is 0 Å². The lowest BCUT2D eigenvalue weighted by Gasteiger charge is -2.32. The highest BCUT2D eigenvalue weighted by molar-refractivity contribution is 5.27. The molecule has 2 fully saturated rings. The lowest BCUT2D eigenvalue weighted by atomic mass is 10.1. The van der Waals surface area contributed by atoms with Crippen molar-refractivity contribution in [2.45, 2.75) is 25.6 Å². The molecule has 2 aliphatic rings. The molecular formula is C16H24FN3O. The van der Waals surface area contributed by atoms with Crippen molar-refractivity contribution in [3.8, 4) is 0 Å². The molecule has 5 heteroatoms. The number of nitrogens with zero attached hydrogens (tertiary/aromatic N) is 2. The minimum atomic E-state index is -0.175. The SMILES string of the molecule is NCc1ccc(F)cc1CN1CCC(N2CCOCC2)C1. The summed E-state index contributed by atoms with van der Waals surface area (Å²) in [6.45, 7) is 7.15. The first kappa shape index (κ1) is 14.9. The van der Waals surface area contributed by atoms with Crippen LogP contribution in [-0.2, 0) is 17.8 Å². The Balaban J connectivity index is 1.60. The fourth-order valence-corrected chi connectivity index (χ4v) is 3.38. The van der Waals surface area contributed by atoms with Gasteiger partial charge in [-0.15, -0.1) is 0 Å². The number of hydrogen-bond donors (Lipinski definition) is 1. The van der Waals surface area contributed by atoms with E-state index in [2.05, 4.69) is 9.80 Å². The van der Waals surface area contributed by atoms with Crippen molar-refractivity contribution in [2.75, 3.05) is 39.4 Å². The van der Waals surface area contributed by atoms with Gasteiger partial charge < -0.3 is 10.5 Å². The summed E-state index contributed by atoms with van der Waals surface area (Å²) in [6, 6.07) is 5.54. The molecular weight excluding hydrogens is 269 g/mol. The first-order chi connectivity index (χ1) is 10.3. The highest BCUT2D eigenvalue weighted by Crippen LogP contribution is 2.21. The molecule has 3 rings (SSSR count). The number of ether oxygens (including phenoxy) is 1. The van der Waals surface area contributed by atoms with E-state index in [4.69, 9.17) is 10.5 Å². The highest BCUT2D eigenvalue weighted by atomic mass is 19.1. The molecule has 2 heterocycles. The van der Waals surface area contributed by atoms with Gasteiger partial charge in [-0.25, -0.2) is 4.39 Å². The molecule has 1 atom stereocenters. The third-order valence-electron chi connectivity index (χ3n) is 4.59. The maximum atomic E-state index is 13.4. The molecule has 116 valence electrons. The summed E-state index contributed by atoms with van der Waals surface area (Å²) in [7, 11) is 0. The molecule has 0 saturated carbocycles. The fourth-order valence-electron chi connectivity index (χ4n) is 3.38. The van der Waals surface area contributed by atoms with Crippen molar-refractivity contribution in [2.24, 2.45) is 5.73 Å². The van der Waals surface area contributed by atoms with Crippen LogP contribution in [0.2, 0.25) is 0 Å². The van der Waals surface area contributed by atoms with Crippen LogP contribution in [0, 0.1) is 5.82 Å². The van der Waals surface area contributed by atoms with Crippen molar-refractivity contribution in [1.29, 1.82) is 0 Å². The molecule has 1 aromatic rings. The minimum absolute atomic E-state index is 0.175. The van der Waals surface area contributed by atoms with Crippen LogP contribution < -0.4 is 5.73 Å². The molecule has 0 amide bonds. The van der Waals surface area contributed by atoms with Gasteiger partial charge >= 0.3 is 0 Å². The summed E-state index contributed by atoms with van der Waals surface area (Å²) < 4.78 is 18.9. The Morgan fingerprint density at radius 2 is 2.00 bits per heavy atom. The van der Waals surface area contributed by atoms with Gasteiger partial charge in [-0.1, -0.05) is 6.07 Å². The summed E-state index contributed by atoms with van der Waals surface area (Å²) in [5.74, 6) is -0.175. The van der Waals surface area contributed by atoms with Crippen molar-refractivity contribution < 1.29 is 9.13 Å². The van der Waals surface area contributed by atoms with E-state index in [-0.39, 0.29) is 5.82 Å². The van der Waals surface area contributed by atoms with E-state index in [1.54, 1.807) is 12.1 Å². The monoisotopic (exact) mass is 293 g/mol. The Morgan fingerprint density at radius 3 is 2.76 bits per heavy atom. The van der Waals surface area contributed by atoms with Crippen molar-refractivity contribution in [1.82, 2.24) is 9.80 Å². The molecule has 2 saturated heterocycles. The third-order valence-corrected chi connectivity index (χ3v) is 4.59. The van der Waals surface area contributed by atoms with Crippen LogP contribution in [0.25, 0.3) is 0 Å². The second kappa shape index (κ2) is 6.83. The van der Waals surface area contributed by atoms with Crippen LogP contribution in [0.5, 0.6) is 0 Å². The molecule has 2 N–H and O–H groups in total. The normalized spacial score (nSPS) is 24.6. The Hall–Kier alpha value is -1.01. The summed E-state index contributed by atoms with van der Waals surface area (Å²) in [5.41, 5.74) is 7.83. The first-order valence-corrected chi connectivity index (χ1v) is 7.78. The quantitative estimate of drug-likeness (QED) is 0.905. The van der Waals surface area contributed by atoms with Crippen molar-refractivity contribution >= 4 is 0 Å². The Kier molecular flexibility index (Phi) is 4.85. The molecule has 1 aromatic carbocycles. The number of hydrogen-bond acceptors (Lipinski definition) is 4. The number of halogens is 1. The number of morpholine rings is 1. The second-order valence-electron chi connectivity index (χ2n) is 5.94. The molecule has 1 unspecified atom stereocenters. The van der Waals surface area contributed by atoms with Crippen LogP contribution in [-0.4, -0.2) is 55.2 Å². The van der Waals surface area contributed by atoms with E-state index < -0.39 is 0 Å². The van der Waals surface area contributed by atoms with Gasteiger partial charge in [0.25, 0.3) is 0 Å². The fraction of sp³-hybridized carbons (Fsp3) is 0.625. The topological polar surface area (TPSA) is 41.7 Å². The predicted molar refractivity (Wildman–Crippen MR) is 80.4 cm³/mol. The average molecular weight is 293 g/mol. The van der Waals surface area contributed by atoms with E-state index in [0.29, 0.717) is 12.6 Å². The maximum absolute atomic E-state index is 13.4. The van der Waals surface area contributed by atoms with Gasteiger partial charge in [0.05, 0.1) is 13.2 Å². The third kappa shape index (κ3) is 3.61. The van der Waals surface area contributed by atoms with E-state index in [1.165, 1.54) is 12.5 Å². The van der Waals surface area contributed by atoms with Crippen LogP contribution in [0.4, 0.5) is 4.39 Å². The molecule has 2 aliphatic heterocycles. The molecule has 0 aliphatic carbocycles. The lowest BCUT2D eigenvalue weighted by molar-refractivity contribution is 0.0184. The number of benzene rings is 1. The van der Waals surface area contributed by atoms with Gasteiger partial charge in [0, 0.05) is 45.3 Å². The lowest BCUT2D eigenvalue weighted by Crippen LogP contribution is -2.44. The van der Waals surface area contributed by atoms with Gasteiger partial charge in [-0.2, -0.15) is 0 Å². The summed E-state index contributed by atoms with van der Waals surface area (Å²) in [6.07, 6.45) is 1.19. The molecule has 4 nitrogen and oxygen atoms in total. The second-order valence-corrected chi connectivity index (χ2v) is 5.94. The van der Waals surface area contributed by atoms with Crippen LogP contribution >= 0.6 is 0 Å². The van der Waals surface area contributed by atoms with Gasteiger partial charge in [-0.05, 0) is 29.7 Å². The first-order valence-electron chi connectivity index (χ1n) is 7.78. The zero-order valence-corrected chi connectivity index (χ0v) is 12.4. The van der Waals surface area contributed by atoms with Crippen molar-refractivity contribution in [3.05, 3.63) is 35.1 Å². The van der Waals surface area contributed by atoms with Gasteiger partial charge in [0.2, 0.25) is 0 Å². The molecule has 0 bridgehead atoms. The maximum Gasteiger partial charge on any atom is 0.123 e. The minimum Gasteiger partial charge on any atom is -0.379 e. The molecule has 0 aromatic heterocycles. The van der Waals surface area contributed by atoms with Crippen LogP contribution in [0.15, 0.2) is 18.2 Å². The largest absolute Gasteiger partial charge is 0.379 e. The zero-order chi connectivity index (χ0) is 14.7. The van der Waals surface area contributed by atoms with Gasteiger partial charge in [0.15, 0.2) is 0 Å². The number of likely N-dealkylation sites (tertiary alicyclic amines) is 1. The highest BCUT2D eigenvalue weighted by Gasteiger charge is 2.28. The van der Waals surface area contributed by atoms with Gasteiger partial charge in [-0.3, -0.25) is 9.80 Å². The molecule has 0 spiro atoms. The van der Waals surface area contributed by atoms with E-state index >= 15 is 0 Å². The van der Waals surface area contributed by atoms with E-state index in [9.17, 15) is 4.39 Å². The van der Waals surface area contributed by atoms with Crippen LogP contribution in [0.1, 0.15) is 17.5 Å². The standard InChI is InChI=1S/C16H24FN3O/c17-15-2-1-13(10-18)14(9-15)11-19-4-3-16(12-19)20-5-7-21-8-6-20/h1-2,9,16H,3-8,10-12,18H2. The average Bonchev–Trinajstić information content (AvgIpc) is 2.97. The Morgan fingerprint density at radius 1 is 1.19 bits per heavy atom. The molecule has 0 radical (unpaired) electrons. The van der Waals surface area contributed by atoms with Gasteiger partial charge in [0.1, 0.15) is 5.82 Å². The predicted octanol–water partition coefficient (Wildman–Crippen LogP) is 1.19. The Labute approximate surface area is 125 Å². The van der Waals surface area contributed by atoms with Crippen LogP contribution in [0.3, 0.4) is 0 Å². The Bertz CT molecular complexity index is 477. The summed E-state index contributed by atoms with van der Waals surface area (Å²) in [4.78, 5) is 4.94. The van der Waals surface area contributed by atoms with Crippen molar-refractivity contribution in [3.63, 3.8) is 0 Å². The zero-order valence-electron chi connectivity index (χ0n) is 12.4. The summed E-state index contributed by atoms with van der Waals surface area (Å²) in [5, 5.41) is 0. The molecule has 21 heavy (non-hydrogen) atoms.